The van der Waals surface area contributed by atoms with Gasteiger partial charge < -0.3 is 19.2 Å². The standard InChI is InChI=1S/C15H21N3O3/c1-15(2,3)16-14(19)10-18(4)9-11-8-13(21-17-11)12-6-5-7-20-12/h5-8H,9-10H2,1-4H3,(H,16,19)/p+1. The first-order chi connectivity index (χ1) is 9.83. The third-order valence-electron chi connectivity index (χ3n) is 2.78. The van der Waals surface area contributed by atoms with E-state index in [1.165, 1.54) is 0 Å². The lowest BCUT2D eigenvalue weighted by Gasteiger charge is -2.21. The Balaban J connectivity index is 1.88. The van der Waals surface area contributed by atoms with Crippen molar-refractivity contribution in [2.75, 3.05) is 13.6 Å². The van der Waals surface area contributed by atoms with E-state index in [2.05, 4.69) is 10.5 Å². The van der Waals surface area contributed by atoms with Crippen LogP contribution in [0.15, 0.2) is 33.4 Å². The van der Waals surface area contributed by atoms with E-state index < -0.39 is 0 Å². The SMILES string of the molecule is C[NH+](CC(=O)NC(C)(C)C)Cc1cc(-c2ccco2)on1. The fourth-order valence-corrected chi connectivity index (χ4v) is 2.04. The first-order valence-corrected chi connectivity index (χ1v) is 6.95. The van der Waals surface area contributed by atoms with Crippen LogP contribution >= 0.6 is 0 Å². The molecule has 0 radical (unpaired) electrons. The van der Waals surface area contributed by atoms with E-state index in [0.29, 0.717) is 24.6 Å². The van der Waals surface area contributed by atoms with Gasteiger partial charge in [-0.15, -0.1) is 0 Å². The lowest BCUT2D eigenvalue weighted by atomic mass is 10.1. The highest BCUT2D eigenvalue weighted by Crippen LogP contribution is 2.19. The Morgan fingerprint density at radius 3 is 2.76 bits per heavy atom. The number of amides is 1. The van der Waals surface area contributed by atoms with Gasteiger partial charge in [0.25, 0.3) is 5.91 Å². The fraction of sp³-hybridized carbons (Fsp3) is 0.467. The minimum atomic E-state index is -0.211. The van der Waals surface area contributed by atoms with Crippen molar-refractivity contribution in [3.63, 3.8) is 0 Å². The van der Waals surface area contributed by atoms with Crippen molar-refractivity contribution >= 4 is 5.91 Å². The van der Waals surface area contributed by atoms with Crippen molar-refractivity contribution in [1.82, 2.24) is 10.5 Å². The molecule has 21 heavy (non-hydrogen) atoms. The summed E-state index contributed by atoms with van der Waals surface area (Å²) in [5.74, 6) is 1.27. The van der Waals surface area contributed by atoms with Crippen LogP contribution in [-0.2, 0) is 11.3 Å². The van der Waals surface area contributed by atoms with Crippen LogP contribution in [0.4, 0.5) is 0 Å². The topological polar surface area (TPSA) is 72.7 Å². The molecule has 1 unspecified atom stereocenters. The summed E-state index contributed by atoms with van der Waals surface area (Å²) in [6.07, 6.45) is 1.59. The summed E-state index contributed by atoms with van der Waals surface area (Å²) in [6, 6.07) is 5.45. The summed E-state index contributed by atoms with van der Waals surface area (Å²) in [6.45, 7) is 6.90. The first-order valence-electron chi connectivity index (χ1n) is 6.95. The maximum Gasteiger partial charge on any atom is 0.275 e. The molecule has 6 nitrogen and oxygen atoms in total. The lowest BCUT2D eigenvalue weighted by molar-refractivity contribution is -0.885. The minimum Gasteiger partial charge on any atom is -0.461 e. The second kappa shape index (κ2) is 6.13. The molecule has 0 saturated carbocycles. The van der Waals surface area contributed by atoms with Crippen LogP contribution in [0.2, 0.25) is 0 Å². The number of likely N-dealkylation sites (N-methyl/N-ethyl adjacent to an activating group) is 1. The van der Waals surface area contributed by atoms with E-state index in [4.69, 9.17) is 8.94 Å². The van der Waals surface area contributed by atoms with Crippen LogP contribution in [0.1, 0.15) is 26.5 Å². The highest BCUT2D eigenvalue weighted by atomic mass is 16.5. The highest BCUT2D eigenvalue weighted by molar-refractivity contribution is 5.77. The maximum absolute atomic E-state index is 11.9. The predicted molar refractivity (Wildman–Crippen MR) is 77.6 cm³/mol. The molecule has 0 saturated heterocycles. The smallest absolute Gasteiger partial charge is 0.275 e. The maximum atomic E-state index is 11.9. The van der Waals surface area contributed by atoms with Gasteiger partial charge in [-0.05, 0) is 32.9 Å². The summed E-state index contributed by atoms with van der Waals surface area (Å²) in [7, 11) is 1.95. The second-order valence-electron chi connectivity index (χ2n) is 6.27. The highest BCUT2D eigenvalue weighted by Gasteiger charge is 2.18. The van der Waals surface area contributed by atoms with Crippen molar-refractivity contribution in [3.8, 4) is 11.5 Å². The van der Waals surface area contributed by atoms with E-state index in [1.54, 1.807) is 12.3 Å². The normalized spacial score (nSPS) is 13.1. The van der Waals surface area contributed by atoms with Gasteiger partial charge in [-0.1, -0.05) is 5.16 Å². The number of carbonyl (C=O) groups is 1. The second-order valence-corrected chi connectivity index (χ2v) is 6.27. The molecule has 2 heterocycles. The van der Waals surface area contributed by atoms with E-state index in [-0.39, 0.29) is 11.4 Å². The Hall–Kier alpha value is -2.08. The Morgan fingerprint density at radius 1 is 1.38 bits per heavy atom. The molecule has 1 amide bonds. The van der Waals surface area contributed by atoms with Gasteiger partial charge >= 0.3 is 0 Å². The molecule has 0 fully saturated rings. The molecule has 0 spiro atoms. The Labute approximate surface area is 124 Å². The molecular formula is C15H22N3O3+. The molecule has 2 aromatic heterocycles. The summed E-state index contributed by atoms with van der Waals surface area (Å²) in [4.78, 5) is 12.9. The number of rotatable bonds is 5. The molecule has 2 rings (SSSR count). The quantitative estimate of drug-likeness (QED) is 0.857. The molecule has 6 heteroatoms. The van der Waals surface area contributed by atoms with Crippen LogP contribution in [0.3, 0.4) is 0 Å². The van der Waals surface area contributed by atoms with Gasteiger partial charge in [0.2, 0.25) is 5.76 Å². The molecule has 0 aliphatic heterocycles. The van der Waals surface area contributed by atoms with Gasteiger partial charge in [0.05, 0.1) is 13.3 Å². The van der Waals surface area contributed by atoms with Crippen LogP contribution in [0.25, 0.3) is 11.5 Å². The van der Waals surface area contributed by atoms with Crippen LogP contribution < -0.4 is 10.2 Å². The number of nitrogens with one attached hydrogen (secondary N) is 2. The number of aromatic nitrogens is 1. The molecule has 1 atom stereocenters. The molecule has 0 aromatic carbocycles. The van der Waals surface area contributed by atoms with Gasteiger partial charge in [-0.3, -0.25) is 4.79 Å². The van der Waals surface area contributed by atoms with E-state index >= 15 is 0 Å². The van der Waals surface area contributed by atoms with Crippen molar-refractivity contribution in [3.05, 3.63) is 30.2 Å². The average molecular weight is 292 g/mol. The lowest BCUT2D eigenvalue weighted by Crippen LogP contribution is -3.09. The van der Waals surface area contributed by atoms with E-state index in [9.17, 15) is 4.79 Å². The van der Waals surface area contributed by atoms with Crippen molar-refractivity contribution in [1.29, 1.82) is 0 Å². The number of nitrogens with zero attached hydrogens (tertiary/aromatic N) is 1. The third kappa shape index (κ3) is 4.75. The van der Waals surface area contributed by atoms with Gasteiger partial charge in [0.15, 0.2) is 12.3 Å². The Kier molecular flexibility index (Phi) is 4.47. The molecule has 0 bridgehead atoms. The van der Waals surface area contributed by atoms with E-state index in [1.807, 2.05) is 40.0 Å². The largest absolute Gasteiger partial charge is 0.461 e. The van der Waals surface area contributed by atoms with Gasteiger partial charge in [0, 0.05) is 11.6 Å². The number of quaternary nitrogens is 1. The van der Waals surface area contributed by atoms with Crippen LogP contribution in [0, 0.1) is 0 Å². The minimum absolute atomic E-state index is 0.0229. The van der Waals surface area contributed by atoms with Crippen LogP contribution in [0.5, 0.6) is 0 Å². The summed E-state index contributed by atoms with van der Waals surface area (Å²) in [5, 5.41) is 6.95. The summed E-state index contributed by atoms with van der Waals surface area (Å²) < 4.78 is 10.5. The summed E-state index contributed by atoms with van der Waals surface area (Å²) >= 11 is 0. The zero-order valence-corrected chi connectivity index (χ0v) is 12.9. The van der Waals surface area contributed by atoms with Crippen LogP contribution in [-0.4, -0.2) is 30.2 Å². The first kappa shape index (κ1) is 15.3. The number of hydrogen-bond acceptors (Lipinski definition) is 4. The van der Waals surface area contributed by atoms with Crippen molar-refractivity contribution in [2.45, 2.75) is 32.9 Å². The van der Waals surface area contributed by atoms with Crippen molar-refractivity contribution < 1.29 is 18.6 Å². The molecule has 0 aliphatic carbocycles. The number of furan rings is 1. The molecule has 114 valence electrons. The third-order valence-corrected chi connectivity index (χ3v) is 2.78. The molecule has 0 aliphatic rings. The van der Waals surface area contributed by atoms with Gasteiger partial charge in [-0.25, -0.2) is 0 Å². The predicted octanol–water partition coefficient (Wildman–Crippen LogP) is 0.864. The molecule has 2 N–H and O–H groups in total. The van der Waals surface area contributed by atoms with Gasteiger partial charge in [0.1, 0.15) is 12.2 Å². The number of carbonyl (C=O) groups excluding carboxylic acids is 1. The monoisotopic (exact) mass is 292 g/mol. The van der Waals surface area contributed by atoms with Crippen molar-refractivity contribution in [2.24, 2.45) is 0 Å². The molecule has 2 aromatic rings. The Bertz CT molecular complexity index is 582. The number of hydrogen-bond donors (Lipinski definition) is 2. The molecular weight excluding hydrogens is 270 g/mol. The van der Waals surface area contributed by atoms with Gasteiger partial charge in [-0.2, -0.15) is 0 Å². The Morgan fingerprint density at radius 2 is 2.14 bits per heavy atom. The van der Waals surface area contributed by atoms with E-state index in [0.717, 1.165) is 10.6 Å². The summed E-state index contributed by atoms with van der Waals surface area (Å²) in [5.41, 5.74) is 0.583. The average Bonchev–Trinajstić information content (AvgIpc) is 2.94. The zero-order valence-electron chi connectivity index (χ0n) is 12.9. The fourth-order valence-electron chi connectivity index (χ4n) is 2.04. The zero-order chi connectivity index (χ0) is 15.5.